The fraction of sp³-hybridized carbons (Fsp3) is 0.773. The molecule has 1 fully saturated rings. The first-order chi connectivity index (χ1) is 13.6. The second kappa shape index (κ2) is 14.2. The van der Waals surface area contributed by atoms with Gasteiger partial charge in [0.1, 0.15) is 11.5 Å². The number of likely N-dealkylation sites (tertiary alicyclic amines) is 1. The van der Waals surface area contributed by atoms with E-state index in [9.17, 15) is 0 Å². The van der Waals surface area contributed by atoms with E-state index in [1.54, 1.807) is 0 Å². The van der Waals surface area contributed by atoms with Gasteiger partial charge < -0.3 is 20.0 Å². The standard InChI is InChI=1S/C22H41N5O.HI/c1-6-26(7-2)14-10-11-18(3)25-22(23-5)24-17-20(27-15-8-9-16-27)21-13-12-19(4)28-21;/h12-13,18,20H,6-11,14-17H2,1-5H3,(H2,23,24,25);1H. The largest absolute Gasteiger partial charge is 0.465 e. The van der Waals surface area contributed by atoms with Crippen molar-refractivity contribution in [2.45, 2.75) is 65.5 Å². The zero-order chi connectivity index (χ0) is 20.4. The van der Waals surface area contributed by atoms with Crippen molar-refractivity contribution in [2.24, 2.45) is 4.99 Å². The lowest BCUT2D eigenvalue weighted by Crippen LogP contribution is -2.45. The molecular weight excluding hydrogens is 477 g/mol. The highest BCUT2D eigenvalue weighted by molar-refractivity contribution is 14.0. The Morgan fingerprint density at radius 1 is 1.24 bits per heavy atom. The number of furan rings is 1. The fourth-order valence-corrected chi connectivity index (χ4v) is 3.95. The molecule has 2 N–H and O–H groups in total. The summed E-state index contributed by atoms with van der Waals surface area (Å²) >= 11 is 0. The number of guanidine groups is 1. The summed E-state index contributed by atoms with van der Waals surface area (Å²) in [5.74, 6) is 2.90. The highest BCUT2D eigenvalue weighted by atomic mass is 127. The van der Waals surface area contributed by atoms with E-state index in [-0.39, 0.29) is 30.0 Å². The van der Waals surface area contributed by atoms with Gasteiger partial charge in [-0.2, -0.15) is 0 Å². The average Bonchev–Trinajstić information content (AvgIpc) is 3.37. The molecule has 2 unspecified atom stereocenters. The minimum Gasteiger partial charge on any atom is -0.465 e. The quantitative estimate of drug-likeness (QED) is 0.263. The predicted octanol–water partition coefficient (Wildman–Crippen LogP) is 4.02. The third kappa shape index (κ3) is 8.84. The molecule has 1 saturated heterocycles. The van der Waals surface area contributed by atoms with Crippen LogP contribution in [0.2, 0.25) is 0 Å². The minimum absolute atomic E-state index is 0. The van der Waals surface area contributed by atoms with Crippen LogP contribution in [0.3, 0.4) is 0 Å². The van der Waals surface area contributed by atoms with Crippen LogP contribution in [0, 0.1) is 6.92 Å². The number of rotatable bonds is 11. The lowest BCUT2D eigenvalue weighted by Gasteiger charge is -2.27. The topological polar surface area (TPSA) is 56.0 Å². The van der Waals surface area contributed by atoms with Crippen molar-refractivity contribution in [3.63, 3.8) is 0 Å². The Labute approximate surface area is 194 Å². The van der Waals surface area contributed by atoms with E-state index in [0.29, 0.717) is 6.04 Å². The summed E-state index contributed by atoms with van der Waals surface area (Å²) < 4.78 is 5.96. The molecule has 7 heteroatoms. The second-order valence-electron chi connectivity index (χ2n) is 7.87. The summed E-state index contributed by atoms with van der Waals surface area (Å²) in [6.45, 7) is 15.2. The van der Waals surface area contributed by atoms with E-state index in [1.165, 1.54) is 25.8 Å². The number of nitrogens with one attached hydrogen (secondary N) is 2. The first kappa shape index (κ1) is 26.2. The van der Waals surface area contributed by atoms with E-state index in [4.69, 9.17) is 4.42 Å². The van der Waals surface area contributed by atoms with Gasteiger partial charge in [0.2, 0.25) is 0 Å². The van der Waals surface area contributed by atoms with Crippen molar-refractivity contribution in [3.8, 4) is 0 Å². The highest BCUT2D eigenvalue weighted by Gasteiger charge is 2.26. The number of hydrogen-bond donors (Lipinski definition) is 2. The second-order valence-corrected chi connectivity index (χ2v) is 7.87. The van der Waals surface area contributed by atoms with E-state index < -0.39 is 0 Å². The van der Waals surface area contributed by atoms with Gasteiger partial charge in [0.15, 0.2) is 5.96 Å². The molecule has 0 bridgehead atoms. The molecule has 1 aromatic heterocycles. The molecule has 29 heavy (non-hydrogen) atoms. The molecule has 1 aliphatic heterocycles. The molecule has 6 nitrogen and oxygen atoms in total. The van der Waals surface area contributed by atoms with E-state index >= 15 is 0 Å². The van der Waals surface area contributed by atoms with Gasteiger partial charge in [0, 0.05) is 19.6 Å². The molecule has 0 saturated carbocycles. The van der Waals surface area contributed by atoms with Crippen LogP contribution in [0.4, 0.5) is 0 Å². The zero-order valence-corrected chi connectivity index (χ0v) is 21.4. The summed E-state index contributed by atoms with van der Waals surface area (Å²) in [6, 6.07) is 4.83. The van der Waals surface area contributed by atoms with Crippen LogP contribution in [0.25, 0.3) is 0 Å². The maximum absolute atomic E-state index is 5.96. The smallest absolute Gasteiger partial charge is 0.191 e. The summed E-state index contributed by atoms with van der Waals surface area (Å²) in [4.78, 5) is 9.43. The van der Waals surface area contributed by atoms with Crippen molar-refractivity contribution in [3.05, 3.63) is 23.7 Å². The van der Waals surface area contributed by atoms with Crippen LogP contribution in [0.5, 0.6) is 0 Å². The van der Waals surface area contributed by atoms with Crippen molar-refractivity contribution in [2.75, 3.05) is 46.3 Å². The van der Waals surface area contributed by atoms with Gasteiger partial charge in [-0.05, 0) is 84.4 Å². The molecular formula is C22H42IN5O. The highest BCUT2D eigenvalue weighted by Crippen LogP contribution is 2.26. The summed E-state index contributed by atoms with van der Waals surface area (Å²) in [5, 5.41) is 7.08. The van der Waals surface area contributed by atoms with Crippen LogP contribution in [0.15, 0.2) is 21.5 Å². The van der Waals surface area contributed by atoms with E-state index in [0.717, 1.165) is 56.6 Å². The van der Waals surface area contributed by atoms with Crippen LogP contribution in [-0.4, -0.2) is 68.1 Å². The Morgan fingerprint density at radius 3 is 2.48 bits per heavy atom. The predicted molar refractivity (Wildman–Crippen MR) is 133 cm³/mol. The van der Waals surface area contributed by atoms with Crippen molar-refractivity contribution in [1.82, 2.24) is 20.4 Å². The molecule has 1 aliphatic rings. The van der Waals surface area contributed by atoms with Gasteiger partial charge in [0.25, 0.3) is 0 Å². The van der Waals surface area contributed by atoms with Crippen molar-refractivity contribution < 1.29 is 4.42 Å². The third-order valence-corrected chi connectivity index (χ3v) is 5.75. The molecule has 0 spiro atoms. The number of aliphatic imine (C=N–C) groups is 1. The Balaban J connectivity index is 0.00000420. The molecule has 1 aromatic rings. The minimum atomic E-state index is 0. The number of halogens is 1. The first-order valence-electron chi connectivity index (χ1n) is 11.1. The lowest BCUT2D eigenvalue weighted by atomic mass is 10.1. The SMILES string of the molecule is CCN(CC)CCCC(C)NC(=NC)NCC(c1ccc(C)o1)N1CCCC1.I. The summed E-state index contributed by atoms with van der Waals surface area (Å²) in [5.41, 5.74) is 0. The monoisotopic (exact) mass is 519 g/mol. The van der Waals surface area contributed by atoms with Gasteiger partial charge >= 0.3 is 0 Å². The summed E-state index contributed by atoms with van der Waals surface area (Å²) in [6.07, 6.45) is 4.89. The van der Waals surface area contributed by atoms with Crippen LogP contribution in [-0.2, 0) is 0 Å². The lowest BCUT2D eigenvalue weighted by molar-refractivity contribution is 0.213. The van der Waals surface area contributed by atoms with Gasteiger partial charge in [-0.1, -0.05) is 13.8 Å². The zero-order valence-electron chi connectivity index (χ0n) is 19.0. The maximum Gasteiger partial charge on any atom is 0.191 e. The molecule has 0 aromatic carbocycles. The molecule has 168 valence electrons. The van der Waals surface area contributed by atoms with Gasteiger partial charge in [0.05, 0.1) is 6.04 Å². The van der Waals surface area contributed by atoms with Crippen LogP contribution < -0.4 is 10.6 Å². The van der Waals surface area contributed by atoms with Crippen LogP contribution >= 0.6 is 24.0 Å². The van der Waals surface area contributed by atoms with E-state index in [2.05, 4.69) is 58.3 Å². The van der Waals surface area contributed by atoms with Gasteiger partial charge in [-0.15, -0.1) is 24.0 Å². The molecule has 0 radical (unpaired) electrons. The maximum atomic E-state index is 5.96. The Bertz CT molecular complexity index is 582. The van der Waals surface area contributed by atoms with Gasteiger partial charge in [-0.25, -0.2) is 0 Å². The molecule has 2 atom stereocenters. The average molecular weight is 520 g/mol. The first-order valence-corrected chi connectivity index (χ1v) is 11.1. The Morgan fingerprint density at radius 2 is 1.93 bits per heavy atom. The molecule has 0 aliphatic carbocycles. The molecule has 2 rings (SSSR count). The molecule has 2 heterocycles. The Hall–Kier alpha value is -0.800. The van der Waals surface area contributed by atoms with Crippen molar-refractivity contribution >= 4 is 29.9 Å². The number of hydrogen-bond acceptors (Lipinski definition) is 4. The van der Waals surface area contributed by atoms with Crippen molar-refractivity contribution in [1.29, 1.82) is 0 Å². The fourth-order valence-electron chi connectivity index (χ4n) is 3.95. The van der Waals surface area contributed by atoms with Gasteiger partial charge in [-0.3, -0.25) is 9.89 Å². The number of nitrogens with zero attached hydrogens (tertiary/aromatic N) is 3. The van der Waals surface area contributed by atoms with E-state index in [1.807, 2.05) is 14.0 Å². The normalized spacial score (nSPS) is 17.2. The Kier molecular flexibility index (Phi) is 12.9. The summed E-state index contributed by atoms with van der Waals surface area (Å²) in [7, 11) is 1.85. The van der Waals surface area contributed by atoms with Crippen LogP contribution in [0.1, 0.15) is 64.0 Å². The number of aryl methyl sites for hydroxylation is 1. The molecule has 0 amide bonds. The third-order valence-electron chi connectivity index (χ3n) is 5.75.